The summed E-state index contributed by atoms with van der Waals surface area (Å²) in [5, 5.41) is 6.75. The van der Waals surface area contributed by atoms with Crippen LogP contribution in [0, 0.1) is 0 Å². The van der Waals surface area contributed by atoms with E-state index in [1.54, 1.807) is 6.07 Å². The van der Waals surface area contributed by atoms with E-state index in [1.165, 1.54) is 12.1 Å². The van der Waals surface area contributed by atoms with Crippen molar-refractivity contribution in [1.82, 2.24) is 4.98 Å². The number of alkyl halides is 3. The van der Waals surface area contributed by atoms with Gasteiger partial charge in [0, 0.05) is 29.1 Å². The number of hydrogen-bond donors (Lipinski definition) is 2. The van der Waals surface area contributed by atoms with Crippen molar-refractivity contribution < 1.29 is 13.2 Å². The largest absolute Gasteiger partial charge is 0.417 e. The molecule has 3 nitrogen and oxygen atoms in total. The Morgan fingerprint density at radius 1 is 1.03 bits per heavy atom. The average Bonchev–Trinajstić information content (AvgIpc) is 2.82. The summed E-state index contributed by atoms with van der Waals surface area (Å²) in [5.74, 6) is 0.592. The standard InChI is InChI=1S/C27H28F3N3/c1-3-16-31-24-15-9-7-11-20(24)18(2)32-26-21-12-5-4-10-19(21)17-25(33-26)22-13-6-8-14-23(22)27(28,29)30/h6-9,11,13-15,17,31H,2-5,10,12,16H2,1H3,(H,32,33). The fourth-order valence-corrected chi connectivity index (χ4v) is 4.31. The molecular weight excluding hydrogens is 423 g/mol. The number of pyridine rings is 1. The predicted molar refractivity (Wildman–Crippen MR) is 129 cm³/mol. The quantitative estimate of drug-likeness (QED) is 0.389. The van der Waals surface area contributed by atoms with Crippen molar-refractivity contribution in [3.05, 3.63) is 83.4 Å². The molecule has 33 heavy (non-hydrogen) atoms. The number of para-hydroxylation sites is 1. The maximum Gasteiger partial charge on any atom is 0.417 e. The molecule has 4 rings (SSSR count). The summed E-state index contributed by atoms with van der Waals surface area (Å²) in [4.78, 5) is 4.70. The van der Waals surface area contributed by atoms with E-state index in [0.29, 0.717) is 17.2 Å². The van der Waals surface area contributed by atoms with E-state index in [2.05, 4.69) is 24.1 Å². The van der Waals surface area contributed by atoms with Gasteiger partial charge in [-0.3, -0.25) is 0 Å². The van der Waals surface area contributed by atoms with Gasteiger partial charge in [0.25, 0.3) is 0 Å². The zero-order valence-electron chi connectivity index (χ0n) is 18.7. The van der Waals surface area contributed by atoms with Gasteiger partial charge in [-0.05, 0) is 61.4 Å². The molecular formula is C27H28F3N3. The minimum atomic E-state index is -4.45. The van der Waals surface area contributed by atoms with E-state index in [9.17, 15) is 13.2 Å². The molecule has 0 fully saturated rings. The van der Waals surface area contributed by atoms with Crippen molar-refractivity contribution in [2.24, 2.45) is 0 Å². The lowest BCUT2D eigenvalue weighted by Crippen LogP contribution is -2.13. The minimum absolute atomic E-state index is 0.0945. The van der Waals surface area contributed by atoms with Gasteiger partial charge < -0.3 is 10.6 Å². The first kappa shape index (κ1) is 22.9. The summed E-state index contributed by atoms with van der Waals surface area (Å²) < 4.78 is 41.1. The summed E-state index contributed by atoms with van der Waals surface area (Å²) >= 11 is 0. The van der Waals surface area contributed by atoms with Gasteiger partial charge in [-0.2, -0.15) is 13.2 Å². The van der Waals surface area contributed by atoms with Gasteiger partial charge in [-0.1, -0.05) is 49.9 Å². The van der Waals surface area contributed by atoms with Crippen molar-refractivity contribution >= 4 is 17.2 Å². The van der Waals surface area contributed by atoms with E-state index < -0.39 is 11.7 Å². The minimum Gasteiger partial charge on any atom is -0.385 e. The van der Waals surface area contributed by atoms with Gasteiger partial charge in [0.15, 0.2) is 0 Å². The SMILES string of the molecule is C=C(Nc1nc(-c2ccccc2C(F)(F)F)cc2c1CCCC2)c1ccccc1NCCC. The number of fused-ring (bicyclic) bond motifs is 1. The van der Waals surface area contributed by atoms with Gasteiger partial charge in [0.2, 0.25) is 0 Å². The van der Waals surface area contributed by atoms with Gasteiger partial charge in [0.05, 0.1) is 11.3 Å². The Kier molecular flexibility index (Phi) is 6.72. The summed E-state index contributed by atoms with van der Waals surface area (Å²) in [6, 6.07) is 15.3. The van der Waals surface area contributed by atoms with Gasteiger partial charge in [0.1, 0.15) is 5.82 Å². The molecule has 6 heteroatoms. The highest BCUT2D eigenvalue weighted by Crippen LogP contribution is 2.39. The molecule has 0 aliphatic heterocycles. The third-order valence-electron chi connectivity index (χ3n) is 5.93. The number of aromatic nitrogens is 1. The number of anilines is 2. The summed E-state index contributed by atoms with van der Waals surface area (Å²) in [6.45, 7) is 7.16. The van der Waals surface area contributed by atoms with Crippen molar-refractivity contribution in [1.29, 1.82) is 0 Å². The molecule has 1 aromatic heterocycles. The summed E-state index contributed by atoms with van der Waals surface area (Å²) in [7, 11) is 0. The molecule has 0 saturated heterocycles. The molecule has 0 amide bonds. The highest BCUT2D eigenvalue weighted by molar-refractivity contribution is 5.83. The number of halogens is 3. The molecule has 0 radical (unpaired) electrons. The van der Waals surface area contributed by atoms with E-state index in [4.69, 9.17) is 4.98 Å². The first-order valence-corrected chi connectivity index (χ1v) is 11.4. The van der Waals surface area contributed by atoms with Crippen LogP contribution in [-0.4, -0.2) is 11.5 Å². The Hall–Kier alpha value is -3.28. The molecule has 0 unspecified atom stereocenters. The monoisotopic (exact) mass is 451 g/mol. The van der Waals surface area contributed by atoms with Gasteiger partial charge in [-0.15, -0.1) is 0 Å². The van der Waals surface area contributed by atoms with Crippen molar-refractivity contribution in [3.63, 3.8) is 0 Å². The molecule has 0 saturated carbocycles. The van der Waals surface area contributed by atoms with Gasteiger partial charge in [-0.25, -0.2) is 4.98 Å². The first-order valence-electron chi connectivity index (χ1n) is 11.4. The Morgan fingerprint density at radius 3 is 2.55 bits per heavy atom. The van der Waals surface area contributed by atoms with Crippen LogP contribution in [0.5, 0.6) is 0 Å². The number of nitrogens with one attached hydrogen (secondary N) is 2. The molecule has 1 heterocycles. The molecule has 2 aromatic carbocycles. The lowest BCUT2D eigenvalue weighted by atomic mass is 9.90. The number of rotatable bonds is 7. The third kappa shape index (κ3) is 5.05. The van der Waals surface area contributed by atoms with Crippen LogP contribution in [-0.2, 0) is 19.0 Å². The molecule has 1 aliphatic rings. The highest BCUT2D eigenvalue weighted by Gasteiger charge is 2.34. The van der Waals surface area contributed by atoms with Crippen molar-refractivity contribution in [2.75, 3.05) is 17.2 Å². The summed E-state index contributed by atoms with van der Waals surface area (Å²) in [6.07, 6.45) is 0.257. The molecule has 0 spiro atoms. The zero-order valence-corrected chi connectivity index (χ0v) is 18.7. The van der Waals surface area contributed by atoms with Gasteiger partial charge >= 0.3 is 6.18 Å². The fourth-order valence-electron chi connectivity index (χ4n) is 4.31. The Labute approximate surface area is 192 Å². The fraction of sp³-hybridized carbons (Fsp3) is 0.296. The number of hydrogen-bond acceptors (Lipinski definition) is 3. The van der Waals surface area contributed by atoms with Crippen LogP contribution in [0.2, 0.25) is 0 Å². The van der Waals surface area contributed by atoms with Crippen LogP contribution < -0.4 is 10.6 Å². The maximum atomic E-state index is 13.7. The van der Waals surface area contributed by atoms with E-state index >= 15 is 0 Å². The number of aryl methyl sites for hydroxylation is 1. The molecule has 172 valence electrons. The van der Waals surface area contributed by atoms with E-state index in [-0.39, 0.29) is 5.56 Å². The average molecular weight is 452 g/mol. The topological polar surface area (TPSA) is 37.0 Å². The maximum absolute atomic E-state index is 13.7. The van der Waals surface area contributed by atoms with Crippen LogP contribution in [0.1, 0.15) is 48.4 Å². The molecule has 0 atom stereocenters. The molecule has 2 N–H and O–H groups in total. The zero-order chi connectivity index (χ0) is 23.4. The Morgan fingerprint density at radius 2 is 1.76 bits per heavy atom. The second kappa shape index (κ2) is 9.69. The van der Waals surface area contributed by atoms with Crippen LogP contribution in [0.4, 0.5) is 24.7 Å². The predicted octanol–water partition coefficient (Wildman–Crippen LogP) is 7.55. The van der Waals surface area contributed by atoms with Crippen LogP contribution in [0.3, 0.4) is 0 Å². The van der Waals surface area contributed by atoms with Crippen molar-refractivity contribution in [2.45, 2.75) is 45.2 Å². The lowest BCUT2D eigenvalue weighted by molar-refractivity contribution is -0.137. The second-order valence-electron chi connectivity index (χ2n) is 8.32. The molecule has 0 bridgehead atoms. The molecule has 3 aromatic rings. The molecule has 1 aliphatic carbocycles. The number of benzene rings is 2. The van der Waals surface area contributed by atoms with Crippen LogP contribution in [0.15, 0.2) is 61.2 Å². The van der Waals surface area contributed by atoms with Crippen LogP contribution >= 0.6 is 0 Å². The van der Waals surface area contributed by atoms with Crippen molar-refractivity contribution in [3.8, 4) is 11.3 Å². The van der Waals surface area contributed by atoms with E-state index in [1.807, 2.05) is 30.3 Å². The highest BCUT2D eigenvalue weighted by atomic mass is 19.4. The Bertz CT molecular complexity index is 1150. The first-order chi connectivity index (χ1) is 15.9. The summed E-state index contributed by atoms with van der Waals surface area (Å²) in [5.41, 5.74) is 4.41. The lowest BCUT2D eigenvalue weighted by Gasteiger charge is -2.23. The number of nitrogens with zero attached hydrogens (tertiary/aromatic N) is 1. The smallest absolute Gasteiger partial charge is 0.385 e. The normalized spacial score (nSPS) is 13.3. The Balaban J connectivity index is 1.75. The van der Waals surface area contributed by atoms with E-state index in [0.717, 1.165) is 67.1 Å². The second-order valence-corrected chi connectivity index (χ2v) is 8.32. The third-order valence-corrected chi connectivity index (χ3v) is 5.93. The van der Waals surface area contributed by atoms with Crippen LogP contribution in [0.25, 0.3) is 17.0 Å².